The first-order chi connectivity index (χ1) is 14.5. The minimum absolute atomic E-state index is 0.0897. The summed E-state index contributed by atoms with van der Waals surface area (Å²) < 4.78 is 16.7. The molecule has 3 aromatic rings. The van der Waals surface area contributed by atoms with E-state index in [9.17, 15) is 10.1 Å². The van der Waals surface area contributed by atoms with Crippen LogP contribution in [0.5, 0.6) is 11.8 Å². The maximum Gasteiger partial charge on any atom is 0.357 e. The van der Waals surface area contributed by atoms with Gasteiger partial charge in [-0.15, -0.1) is 11.8 Å². The van der Waals surface area contributed by atoms with Gasteiger partial charge in [-0.05, 0) is 24.3 Å². The summed E-state index contributed by atoms with van der Waals surface area (Å²) in [5.41, 5.74) is 7.02. The molecule has 0 aliphatic rings. The molecule has 0 spiro atoms. The molecule has 0 fully saturated rings. The Morgan fingerprint density at radius 1 is 1.17 bits per heavy atom. The summed E-state index contributed by atoms with van der Waals surface area (Å²) in [7, 11) is 4.33. The molecule has 1 aromatic carbocycles. The van der Waals surface area contributed by atoms with Gasteiger partial charge in [0.15, 0.2) is 5.69 Å². The number of anilines is 1. The smallest absolute Gasteiger partial charge is 0.357 e. The second-order valence-corrected chi connectivity index (χ2v) is 6.98. The Balaban J connectivity index is 1.81. The number of aromatic nitrogens is 3. The van der Waals surface area contributed by atoms with E-state index in [2.05, 4.69) is 9.97 Å². The molecular formula is C20H19N5O4S. The quantitative estimate of drug-likeness (QED) is 0.449. The lowest BCUT2D eigenvalue weighted by Crippen LogP contribution is -2.11. The second kappa shape index (κ2) is 9.19. The van der Waals surface area contributed by atoms with Gasteiger partial charge >= 0.3 is 5.97 Å². The average molecular weight is 425 g/mol. The number of nitrogens with zero attached hydrogens (tertiary/aromatic N) is 4. The Bertz CT molecular complexity index is 1080. The number of thioether (sulfide) groups is 1. The molecule has 0 aliphatic heterocycles. The Labute approximate surface area is 177 Å². The number of methoxy groups -OCH3 is 3. The van der Waals surface area contributed by atoms with E-state index in [-0.39, 0.29) is 16.9 Å². The number of carbonyl (C=O) groups excluding carboxylic acids is 1. The van der Waals surface area contributed by atoms with Gasteiger partial charge in [0, 0.05) is 16.8 Å². The van der Waals surface area contributed by atoms with Crippen molar-refractivity contribution in [3.8, 4) is 23.5 Å². The number of hydrogen-bond donors (Lipinski definition) is 1. The van der Waals surface area contributed by atoms with Gasteiger partial charge in [0.25, 0.3) is 0 Å². The van der Waals surface area contributed by atoms with E-state index in [0.717, 1.165) is 4.90 Å². The van der Waals surface area contributed by atoms with Crippen molar-refractivity contribution < 1.29 is 19.0 Å². The molecule has 0 unspecified atom stereocenters. The van der Waals surface area contributed by atoms with E-state index in [4.69, 9.17) is 19.9 Å². The summed E-state index contributed by atoms with van der Waals surface area (Å²) in [6.45, 7) is 0. The zero-order chi connectivity index (χ0) is 21.7. The number of benzene rings is 1. The van der Waals surface area contributed by atoms with Gasteiger partial charge in [0.1, 0.15) is 11.9 Å². The van der Waals surface area contributed by atoms with Gasteiger partial charge in [-0.1, -0.05) is 0 Å². The average Bonchev–Trinajstić information content (AvgIpc) is 3.13. The molecule has 2 N–H and O–H groups in total. The Hall–Kier alpha value is -3.71. The third-order valence-electron chi connectivity index (χ3n) is 4.17. The first-order valence-electron chi connectivity index (χ1n) is 8.69. The zero-order valence-corrected chi connectivity index (χ0v) is 17.4. The standard InChI is InChI=1S/C20H19N5O4S/c1-27-16-8-17(28-2)24-15(23-16)11-30-14-6-4-13(5-7-14)25-10-12(9-21)18(22)19(25)20(26)29-3/h4-8,10H,11,22H2,1-3H3. The van der Waals surface area contributed by atoms with Gasteiger partial charge < -0.3 is 24.5 Å². The molecule has 2 aromatic heterocycles. The van der Waals surface area contributed by atoms with Crippen molar-refractivity contribution in [2.24, 2.45) is 0 Å². The number of esters is 1. The van der Waals surface area contributed by atoms with Gasteiger partial charge in [-0.3, -0.25) is 0 Å². The van der Waals surface area contributed by atoms with Crippen LogP contribution in [0.25, 0.3) is 5.69 Å². The van der Waals surface area contributed by atoms with Crippen LogP contribution in [0.3, 0.4) is 0 Å². The van der Waals surface area contributed by atoms with E-state index in [1.54, 1.807) is 10.6 Å². The maximum absolute atomic E-state index is 12.1. The summed E-state index contributed by atoms with van der Waals surface area (Å²) in [5, 5.41) is 9.23. The minimum atomic E-state index is -0.614. The number of hydrogen-bond acceptors (Lipinski definition) is 9. The van der Waals surface area contributed by atoms with Crippen molar-refractivity contribution >= 4 is 23.4 Å². The molecule has 2 heterocycles. The van der Waals surface area contributed by atoms with Crippen molar-refractivity contribution in [2.75, 3.05) is 27.1 Å². The molecule has 0 radical (unpaired) electrons. The lowest BCUT2D eigenvalue weighted by molar-refractivity contribution is 0.0593. The summed E-state index contributed by atoms with van der Waals surface area (Å²) in [6, 6.07) is 11.0. The number of rotatable bonds is 7. The fraction of sp³-hybridized carbons (Fsp3) is 0.200. The maximum atomic E-state index is 12.1. The molecule has 0 atom stereocenters. The van der Waals surface area contributed by atoms with Crippen molar-refractivity contribution in [1.29, 1.82) is 5.26 Å². The fourth-order valence-corrected chi connectivity index (χ4v) is 3.45. The van der Waals surface area contributed by atoms with Crippen molar-refractivity contribution in [3.05, 3.63) is 53.6 Å². The number of nitrogens with two attached hydrogens (primary N) is 1. The fourth-order valence-electron chi connectivity index (χ4n) is 2.69. The summed E-state index contributed by atoms with van der Waals surface area (Å²) in [6.07, 6.45) is 1.51. The molecule has 0 aliphatic carbocycles. The van der Waals surface area contributed by atoms with Crippen molar-refractivity contribution in [2.45, 2.75) is 10.6 Å². The molecule has 0 saturated carbocycles. The van der Waals surface area contributed by atoms with E-state index in [1.165, 1.54) is 39.3 Å². The Morgan fingerprint density at radius 2 is 1.80 bits per heavy atom. The largest absolute Gasteiger partial charge is 0.481 e. The SMILES string of the molecule is COC(=O)c1c(N)c(C#N)cn1-c1ccc(SCc2nc(OC)cc(OC)n2)cc1. The second-order valence-electron chi connectivity index (χ2n) is 5.93. The highest BCUT2D eigenvalue weighted by Crippen LogP contribution is 2.28. The highest BCUT2D eigenvalue weighted by atomic mass is 32.2. The van der Waals surface area contributed by atoms with Gasteiger partial charge in [-0.2, -0.15) is 15.2 Å². The van der Waals surface area contributed by atoms with E-state index in [1.807, 2.05) is 30.3 Å². The van der Waals surface area contributed by atoms with Crippen molar-refractivity contribution in [1.82, 2.24) is 14.5 Å². The monoisotopic (exact) mass is 425 g/mol. The molecule has 0 bridgehead atoms. The number of nitrogen functional groups attached to an aromatic ring is 1. The van der Waals surface area contributed by atoms with Crippen LogP contribution in [0, 0.1) is 11.3 Å². The predicted molar refractivity (Wildman–Crippen MR) is 111 cm³/mol. The molecule has 10 heteroatoms. The minimum Gasteiger partial charge on any atom is -0.481 e. The third-order valence-corrected chi connectivity index (χ3v) is 5.18. The molecule has 9 nitrogen and oxygen atoms in total. The lowest BCUT2D eigenvalue weighted by Gasteiger charge is -2.09. The van der Waals surface area contributed by atoms with Gasteiger partial charge in [0.05, 0.1) is 44.4 Å². The summed E-state index contributed by atoms with van der Waals surface area (Å²) in [5.74, 6) is 1.33. The first kappa shape index (κ1) is 21.0. The molecule has 0 saturated heterocycles. The van der Waals surface area contributed by atoms with Crippen LogP contribution in [-0.4, -0.2) is 41.8 Å². The number of ether oxygens (including phenoxy) is 3. The number of carbonyl (C=O) groups is 1. The highest BCUT2D eigenvalue weighted by Gasteiger charge is 2.21. The molecular weight excluding hydrogens is 406 g/mol. The van der Waals surface area contributed by atoms with E-state index in [0.29, 0.717) is 29.0 Å². The van der Waals surface area contributed by atoms with Crippen LogP contribution in [0.1, 0.15) is 21.9 Å². The Morgan fingerprint density at radius 3 is 2.33 bits per heavy atom. The van der Waals surface area contributed by atoms with Crippen LogP contribution < -0.4 is 15.2 Å². The van der Waals surface area contributed by atoms with E-state index >= 15 is 0 Å². The van der Waals surface area contributed by atoms with Crippen LogP contribution in [0.4, 0.5) is 5.69 Å². The van der Waals surface area contributed by atoms with Crippen LogP contribution in [-0.2, 0) is 10.5 Å². The van der Waals surface area contributed by atoms with Crippen LogP contribution in [0.15, 0.2) is 41.4 Å². The van der Waals surface area contributed by atoms with Crippen molar-refractivity contribution in [3.63, 3.8) is 0 Å². The summed E-state index contributed by atoms with van der Waals surface area (Å²) in [4.78, 5) is 21.7. The first-order valence-corrected chi connectivity index (χ1v) is 9.67. The molecule has 3 rings (SSSR count). The molecule has 30 heavy (non-hydrogen) atoms. The molecule has 154 valence electrons. The summed E-state index contributed by atoms with van der Waals surface area (Å²) >= 11 is 1.53. The lowest BCUT2D eigenvalue weighted by atomic mass is 10.2. The van der Waals surface area contributed by atoms with Crippen LogP contribution in [0.2, 0.25) is 0 Å². The zero-order valence-electron chi connectivity index (χ0n) is 16.6. The molecule has 0 amide bonds. The Kier molecular flexibility index (Phi) is 6.44. The van der Waals surface area contributed by atoms with E-state index < -0.39 is 5.97 Å². The highest BCUT2D eigenvalue weighted by molar-refractivity contribution is 7.98. The normalized spacial score (nSPS) is 10.3. The number of nitriles is 1. The van der Waals surface area contributed by atoms with Crippen LogP contribution >= 0.6 is 11.8 Å². The van der Waals surface area contributed by atoms with Gasteiger partial charge in [-0.25, -0.2) is 4.79 Å². The van der Waals surface area contributed by atoms with Gasteiger partial charge in [0.2, 0.25) is 11.8 Å². The predicted octanol–water partition coefficient (Wildman–Crippen LogP) is 2.82. The topological polar surface area (TPSA) is 125 Å². The third kappa shape index (κ3) is 4.31.